The fourth-order valence-corrected chi connectivity index (χ4v) is 3.27. The van der Waals surface area contributed by atoms with Crippen LogP contribution in [0, 0.1) is 0 Å². The van der Waals surface area contributed by atoms with Crippen molar-refractivity contribution in [2.45, 2.75) is 32.4 Å². The first-order chi connectivity index (χ1) is 13.0. The molecule has 0 bridgehead atoms. The number of aryl methyl sites for hydroxylation is 1. The minimum atomic E-state index is -0.514. The van der Waals surface area contributed by atoms with Crippen molar-refractivity contribution in [1.82, 2.24) is 5.32 Å². The van der Waals surface area contributed by atoms with Gasteiger partial charge in [0.15, 0.2) is 6.61 Å². The number of rotatable bonds is 7. The number of carbonyl (C=O) groups excluding carboxylic acids is 2. The fraction of sp³-hybridized carbons (Fsp3) is 0.333. The second-order valence-electron chi connectivity index (χ2n) is 6.82. The summed E-state index contributed by atoms with van der Waals surface area (Å²) in [6.45, 7) is 2.80. The number of fused-ring (bicyclic) bond motifs is 1. The van der Waals surface area contributed by atoms with Crippen LogP contribution in [-0.2, 0) is 22.6 Å². The molecule has 6 heteroatoms. The number of ether oxygens (including phenoxy) is 1. The molecule has 1 aliphatic heterocycles. The minimum absolute atomic E-state index is 0.00684. The number of carbonyl (C=O) groups is 2. The molecule has 1 atom stereocenters. The predicted molar refractivity (Wildman–Crippen MR) is 105 cm³/mol. The Kier molecular flexibility index (Phi) is 5.96. The molecule has 2 amide bonds. The lowest BCUT2D eigenvalue weighted by molar-refractivity contribution is -0.120. The number of anilines is 1. The maximum Gasteiger partial charge on any atom is 0.255 e. The number of hydrogen-bond donors (Lipinski definition) is 2. The molecule has 0 spiro atoms. The lowest BCUT2D eigenvalue weighted by Crippen LogP contribution is -2.44. The van der Waals surface area contributed by atoms with Crippen LogP contribution in [0.5, 0.6) is 5.75 Å². The van der Waals surface area contributed by atoms with Gasteiger partial charge in [-0.05, 0) is 49.1 Å². The van der Waals surface area contributed by atoms with Crippen LogP contribution in [0.15, 0.2) is 48.5 Å². The summed E-state index contributed by atoms with van der Waals surface area (Å²) in [5, 5.41) is 2.97. The first kappa shape index (κ1) is 18.8. The van der Waals surface area contributed by atoms with Crippen LogP contribution >= 0.6 is 0 Å². The van der Waals surface area contributed by atoms with Crippen LogP contribution in [0.1, 0.15) is 24.5 Å². The monoisotopic (exact) mass is 367 g/mol. The van der Waals surface area contributed by atoms with Crippen LogP contribution in [0.25, 0.3) is 0 Å². The molecule has 142 valence electrons. The van der Waals surface area contributed by atoms with E-state index in [1.54, 1.807) is 12.1 Å². The van der Waals surface area contributed by atoms with Crippen molar-refractivity contribution in [2.24, 2.45) is 5.73 Å². The zero-order chi connectivity index (χ0) is 19.2. The molecule has 0 radical (unpaired) electrons. The summed E-state index contributed by atoms with van der Waals surface area (Å²) in [6.07, 6.45) is 2.11. The second-order valence-corrected chi connectivity index (χ2v) is 6.82. The Labute approximate surface area is 159 Å². The van der Waals surface area contributed by atoms with Gasteiger partial charge in [-0.15, -0.1) is 0 Å². The number of benzene rings is 2. The zero-order valence-corrected chi connectivity index (χ0v) is 15.5. The van der Waals surface area contributed by atoms with Gasteiger partial charge in [0.25, 0.3) is 5.91 Å². The van der Waals surface area contributed by atoms with Crippen molar-refractivity contribution in [1.29, 1.82) is 0 Å². The SMILES string of the molecule is CC1CCc2ccccc2N1CC(=O)NCc1ccc(OCC(N)=O)cc1. The van der Waals surface area contributed by atoms with E-state index in [2.05, 4.69) is 29.3 Å². The molecule has 1 aliphatic rings. The number of para-hydroxylation sites is 1. The third-order valence-electron chi connectivity index (χ3n) is 4.77. The molecule has 27 heavy (non-hydrogen) atoms. The van der Waals surface area contributed by atoms with E-state index in [4.69, 9.17) is 10.5 Å². The van der Waals surface area contributed by atoms with Gasteiger partial charge in [-0.3, -0.25) is 9.59 Å². The summed E-state index contributed by atoms with van der Waals surface area (Å²) in [4.78, 5) is 25.4. The highest BCUT2D eigenvalue weighted by Gasteiger charge is 2.24. The zero-order valence-electron chi connectivity index (χ0n) is 15.5. The largest absolute Gasteiger partial charge is 0.484 e. The standard InChI is InChI=1S/C21H25N3O3/c1-15-6-9-17-4-2-3-5-19(17)24(15)13-21(26)23-12-16-7-10-18(11-8-16)27-14-20(22)25/h2-5,7-8,10-11,15H,6,9,12-14H2,1H3,(H2,22,25)(H,23,26). The Morgan fingerprint density at radius 2 is 1.93 bits per heavy atom. The lowest BCUT2D eigenvalue weighted by Gasteiger charge is -2.36. The molecule has 3 N–H and O–H groups in total. The van der Waals surface area contributed by atoms with E-state index < -0.39 is 5.91 Å². The van der Waals surface area contributed by atoms with Crippen molar-refractivity contribution >= 4 is 17.5 Å². The van der Waals surface area contributed by atoms with E-state index in [1.165, 1.54) is 5.56 Å². The Balaban J connectivity index is 1.53. The highest BCUT2D eigenvalue weighted by atomic mass is 16.5. The smallest absolute Gasteiger partial charge is 0.255 e. The van der Waals surface area contributed by atoms with Crippen LogP contribution in [-0.4, -0.2) is 31.0 Å². The molecule has 0 aromatic heterocycles. The third kappa shape index (κ3) is 5.00. The van der Waals surface area contributed by atoms with Crippen LogP contribution in [0.3, 0.4) is 0 Å². The Hall–Kier alpha value is -3.02. The number of nitrogens with one attached hydrogen (secondary N) is 1. The highest BCUT2D eigenvalue weighted by Crippen LogP contribution is 2.29. The molecule has 1 heterocycles. The van der Waals surface area contributed by atoms with E-state index >= 15 is 0 Å². The summed E-state index contributed by atoms with van der Waals surface area (Å²) in [7, 11) is 0. The van der Waals surface area contributed by atoms with Crippen LogP contribution in [0.2, 0.25) is 0 Å². The molecule has 6 nitrogen and oxygen atoms in total. The van der Waals surface area contributed by atoms with E-state index in [9.17, 15) is 9.59 Å². The lowest BCUT2D eigenvalue weighted by atomic mass is 9.96. The minimum Gasteiger partial charge on any atom is -0.484 e. The summed E-state index contributed by atoms with van der Waals surface area (Å²) in [6, 6.07) is 15.9. The van der Waals surface area contributed by atoms with Gasteiger partial charge in [-0.25, -0.2) is 0 Å². The normalized spacial score (nSPS) is 15.7. The molecule has 0 aliphatic carbocycles. The molecule has 0 fully saturated rings. The maximum absolute atomic E-state index is 12.5. The number of nitrogens with two attached hydrogens (primary N) is 1. The quantitative estimate of drug-likeness (QED) is 0.784. The average Bonchev–Trinajstić information content (AvgIpc) is 2.68. The fourth-order valence-electron chi connectivity index (χ4n) is 3.27. The van der Waals surface area contributed by atoms with E-state index in [-0.39, 0.29) is 12.5 Å². The van der Waals surface area contributed by atoms with Gasteiger partial charge in [0.05, 0.1) is 6.54 Å². The number of hydrogen-bond acceptors (Lipinski definition) is 4. The van der Waals surface area contributed by atoms with Crippen molar-refractivity contribution in [3.05, 3.63) is 59.7 Å². The average molecular weight is 367 g/mol. The maximum atomic E-state index is 12.5. The summed E-state index contributed by atoms with van der Waals surface area (Å²) in [5.41, 5.74) is 8.47. The third-order valence-corrected chi connectivity index (χ3v) is 4.77. The predicted octanol–water partition coefficient (Wildman–Crippen LogP) is 2.01. The van der Waals surface area contributed by atoms with Gasteiger partial charge in [0.1, 0.15) is 5.75 Å². The van der Waals surface area contributed by atoms with Gasteiger partial charge < -0.3 is 20.7 Å². The van der Waals surface area contributed by atoms with E-state index in [0.717, 1.165) is 24.1 Å². The van der Waals surface area contributed by atoms with Gasteiger partial charge in [-0.2, -0.15) is 0 Å². The van der Waals surface area contributed by atoms with Crippen molar-refractivity contribution < 1.29 is 14.3 Å². The Bertz CT molecular complexity index is 805. The van der Waals surface area contributed by atoms with Gasteiger partial charge >= 0.3 is 0 Å². The molecule has 2 aromatic rings. The number of amides is 2. The second kappa shape index (κ2) is 8.58. The highest BCUT2D eigenvalue weighted by molar-refractivity contribution is 5.82. The summed E-state index contributed by atoms with van der Waals surface area (Å²) >= 11 is 0. The van der Waals surface area contributed by atoms with Gasteiger partial charge in [-0.1, -0.05) is 30.3 Å². The molecule has 2 aromatic carbocycles. The van der Waals surface area contributed by atoms with Crippen LogP contribution in [0.4, 0.5) is 5.69 Å². The van der Waals surface area contributed by atoms with Gasteiger partial charge in [0.2, 0.25) is 5.91 Å². The Morgan fingerprint density at radius 1 is 1.19 bits per heavy atom. The topological polar surface area (TPSA) is 84.7 Å². The van der Waals surface area contributed by atoms with Crippen molar-refractivity contribution in [3.8, 4) is 5.75 Å². The van der Waals surface area contributed by atoms with Gasteiger partial charge in [0, 0.05) is 18.3 Å². The van der Waals surface area contributed by atoms with Crippen molar-refractivity contribution in [2.75, 3.05) is 18.1 Å². The number of primary amides is 1. The van der Waals surface area contributed by atoms with E-state index in [1.807, 2.05) is 24.3 Å². The summed E-state index contributed by atoms with van der Waals surface area (Å²) < 4.78 is 5.23. The summed E-state index contributed by atoms with van der Waals surface area (Å²) in [5.74, 6) is 0.0510. The molecular weight excluding hydrogens is 342 g/mol. The van der Waals surface area contributed by atoms with Crippen LogP contribution < -0.4 is 20.7 Å². The van der Waals surface area contributed by atoms with E-state index in [0.29, 0.717) is 24.9 Å². The number of nitrogens with zero attached hydrogens (tertiary/aromatic N) is 1. The molecule has 0 saturated carbocycles. The van der Waals surface area contributed by atoms with Crippen molar-refractivity contribution in [3.63, 3.8) is 0 Å². The first-order valence-corrected chi connectivity index (χ1v) is 9.14. The first-order valence-electron chi connectivity index (χ1n) is 9.14. The molecule has 1 unspecified atom stereocenters. The molecular formula is C21H25N3O3. The Morgan fingerprint density at radius 3 is 2.67 bits per heavy atom. The molecule has 0 saturated heterocycles. The molecule has 3 rings (SSSR count).